The Kier molecular flexibility index (Phi) is 3.97. The fourth-order valence-electron chi connectivity index (χ4n) is 5.90. The average molecular weight is 460 g/mol. The van der Waals surface area contributed by atoms with Gasteiger partial charge in [0.05, 0.1) is 5.69 Å². The summed E-state index contributed by atoms with van der Waals surface area (Å²) in [6, 6.07) is 45.2. The first-order valence-electron chi connectivity index (χ1n) is 12.3. The zero-order valence-corrected chi connectivity index (χ0v) is 19.5. The van der Waals surface area contributed by atoms with Crippen LogP contribution in [0.4, 0.5) is 17.1 Å². The zero-order valence-electron chi connectivity index (χ0n) is 19.5. The third kappa shape index (κ3) is 2.61. The van der Waals surface area contributed by atoms with E-state index in [4.69, 9.17) is 4.42 Å². The third-order valence-corrected chi connectivity index (χ3v) is 7.36. The maximum Gasteiger partial charge on any atom is 0.143 e. The van der Waals surface area contributed by atoms with Crippen molar-refractivity contribution in [3.63, 3.8) is 0 Å². The van der Waals surface area contributed by atoms with E-state index in [1.165, 1.54) is 37.7 Å². The summed E-state index contributed by atoms with van der Waals surface area (Å²) in [5, 5.41) is 9.77. The molecule has 0 atom stereocenters. The molecule has 8 aromatic rings. The molecule has 1 heterocycles. The van der Waals surface area contributed by atoms with Crippen LogP contribution < -0.4 is 4.90 Å². The summed E-state index contributed by atoms with van der Waals surface area (Å²) in [4.78, 5) is 2.36. The van der Waals surface area contributed by atoms with Gasteiger partial charge in [-0.05, 0) is 52.6 Å². The quantitative estimate of drug-likeness (QED) is 0.244. The lowest BCUT2D eigenvalue weighted by Crippen LogP contribution is -2.10. The summed E-state index contributed by atoms with van der Waals surface area (Å²) in [6.45, 7) is 0. The maximum absolute atomic E-state index is 6.52. The van der Waals surface area contributed by atoms with Gasteiger partial charge in [0, 0.05) is 38.3 Å². The summed E-state index contributed by atoms with van der Waals surface area (Å²) in [5.74, 6) is 0. The highest BCUT2D eigenvalue weighted by Gasteiger charge is 2.22. The van der Waals surface area contributed by atoms with Crippen LogP contribution in [0.15, 0.2) is 132 Å². The number of nitrogens with zero attached hydrogens (tertiary/aromatic N) is 1. The van der Waals surface area contributed by atoms with Crippen molar-refractivity contribution in [2.45, 2.75) is 0 Å². The smallest absolute Gasteiger partial charge is 0.143 e. The van der Waals surface area contributed by atoms with E-state index in [0.29, 0.717) is 0 Å². The van der Waals surface area contributed by atoms with Gasteiger partial charge >= 0.3 is 0 Å². The van der Waals surface area contributed by atoms with Crippen molar-refractivity contribution < 1.29 is 4.42 Å². The van der Waals surface area contributed by atoms with E-state index in [1.807, 2.05) is 6.07 Å². The number of rotatable bonds is 3. The fourth-order valence-corrected chi connectivity index (χ4v) is 5.90. The number of hydrogen-bond donors (Lipinski definition) is 0. The highest BCUT2D eigenvalue weighted by atomic mass is 16.3. The second-order valence-corrected chi connectivity index (χ2v) is 9.34. The Morgan fingerprint density at radius 1 is 0.444 bits per heavy atom. The number of benzene rings is 7. The highest BCUT2D eigenvalue weighted by Crippen LogP contribution is 2.48. The molecule has 0 saturated carbocycles. The molecule has 2 heteroatoms. The van der Waals surface area contributed by atoms with Crippen LogP contribution in [0.5, 0.6) is 0 Å². The van der Waals surface area contributed by atoms with Gasteiger partial charge in [0.2, 0.25) is 0 Å². The van der Waals surface area contributed by atoms with Crippen molar-refractivity contribution in [3.8, 4) is 0 Å². The first-order valence-corrected chi connectivity index (χ1v) is 12.3. The molecular formula is C34H21NO. The molecule has 0 aliphatic heterocycles. The van der Waals surface area contributed by atoms with Crippen LogP contribution in [0, 0.1) is 0 Å². The van der Waals surface area contributed by atoms with Gasteiger partial charge < -0.3 is 9.32 Å². The summed E-state index contributed by atoms with van der Waals surface area (Å²) in [6.07, 6.45) is 0. The van der Waals surface area contributed by atoms with Gasteiger partial charge in [0.25, 0.3) is 0 Å². The predicted molar refractivity (Wildman–Crippen MR) is 152 cm³/mol. The molecule has 7 aromatic carbocycles. The van der Waals surface area contributed by atoms with Gasteiger partial charge in [-0.25, -0.2) is 0 Å². The first kappa shape index (κ1) is 19.5. The minimum atomic E-state index is 0.930. The largest absolute Gasteiger partial charge is 0.455 e. The van der Waals surface area contributed by atoms with E-state index in [-0.39, 0.29) is 0 Å². The monoisotopic (exact) mass is 459 g/mol. The van der Waals surface area contributed by atoms with Gasteiger partial charge in [-0.2, -0.15) is 0 Å². The highest BCUT2D eigenvalue weighted by molar-refractivity contribution is 6.38. The van der Waals surface area contributed by atoms with Crippen molar-refractivity contribution in [2.24, 2.45) is 0 Å². The van der Waals surface area contributed by atoms with Gasteiger partial charge in [0.1, 0.15) is 11.2 Å². The maximum atomic E-state index is 6.52. The average Bonchev–Trinajstić information content (AvgIpc) is 3.34. The molecule has 1 aromatic heterocycles. The molecule has 0 unspecified atom stereocenters. The number of furan rings is 1. The van der Waals surface area contributed by atoms with Crippen LogP contribution in [0.1, 0.15) is 0 Å². The zero-order chi connectivity index (χ0) is 23.6. The fraction of sp³-hybridized carbons (Fsp3) is 0. The molecule has 0 spiro atoms. The minimum absolute atomic E-state index is 0.930. The van der Waals surface area contributed by atoms with Crippen LogP contribution in [0.3, 0.4) is 0 Å². The molecule has 36 heavy (non-hydrogen) atoms. The van der Waals surface area contributed by atoms with E-state index in [2.05, 4.69) is 126 Å². The Hall–Kier alpha value is -4.82. The van der Waals surface area contributed by atoms with Crippen molar-refractivity contribution >= 4 is 71.3 Å². The standard InChI is InChI=1S/C34H21NO/c1-3-12-23(13-4-1)35(24-14-5-2-6-15-24)29-21-22-11-9-18-27-31(22)32-25(29)17-10-19-28(32)34-33(27)26-16-7-8-20-30(26)36-34/h1-21H. The molecule has 0 radical (unpaired) electrons. The lowest BCUT2D eigenvalue weighted by atomic mass is 9.90. The van der Waals surface area contributed by atoms with Crippen molar-refractivity contribution in [1.29, 1.82) is 0 Å². The topological polar surface area (TPSA) is 16.4 Å². The van der Waals surface area contributed by atoms with E-state index in [9.17, 15) is 0 Å². The molecule has 0 saturated heterocycles. The number of para-hydroxylation sites is 3. The molecule has 0 N–H and O–H groups in total. The van der Waals surface area contributed by atoms with Crippen LogP contribution in [0.2, 0.25) is 0 Å². The van der Waals surface area contributed by atoms with Gasteiger partial charge in [0.15, 0.2) is 0 Å². The number of anilines is 3. The molecule has 8 rings (SSSR count). The van der Waals surface area contributed by atoms with Gasteiger partial charge in [-0.1, -0.05) is 91.0 Å². The van der Waals surface area contributed by atoms with Crippen LogP contribution in [-0.4, -0.2) is 0 Å². The van der Waals surface area contributed by atoms with Crippen LogP contribution in [-0.2, 0) is 0 Å². The second kappa shape index (κ2) is 7.34. The molecule has 0 bridgehead atoms. The van der Waals surface area contributed by atoms with Crippen molar-refractivity contribution in [1.82, 2.24) is 0 Å². The Morgan fingerprint density at radius 3 is 1.83 bits per heavy atom. The normalized spacial score (nSPS) is 11.9. The van der Waals surface area contributed by atoms with Crippen molar-refractivity contribution in [2.75, 3.05) is 4.90 Å². The lowest BCUT2D eigenvalue weighted by molar-refractivity contribution is 0.673. The van der Waals surface area contributed by atoms with E-state index in [1.54, 1.807) is 0 Å². The molecular weight excluding hydrogens is 438 g/mol. The molecule has 168 valence electrons. The van der Waals surface area contributed by atoms with Crippen molar-refractivity contribution in [3.05, 3.63) is 127 Å². The summed E-state index contributed by atoms with van der Waals surface area (Å²) in [7, 11) is 0. The lowest BCUT2D eigenvalue weighted by Gasteiger charge is -2.28. The Bertz CT molecular complexity index is 2000. The second-order valence-electron chi connectivity index (χ2n) is 9.34. The molecule has 0 aliphatic carbocycles. The van der Waals surface area contributed by atoms with E-state index in [0.717, 1.165) is 33.6 Å². The Labute approximate surface area is 207 Å². The van der Waals surface area contributed by atoms with Crippen LogP contribution >= 0.6 is 0 Å². The first-order chi connectivity index (χ1) is 17.9. The summed E-state index contributed by atoms with van der Waals surface area (Å²) < 4.78 is 6.52. The van der Waals surface area contributed by atoms with Crippen LogP contribution in [0.25, 0.3) is 54.3 Å². The molecule has 2 nitrogen and oxygen atoms in total. The number of hydrogen-bond acceptors (Lipinski definition) is 2. The summed E-state index contributed by atoms with van der Waals surface area (Å²) >= 11 is 0. The third-order valence-electron chi connectivity index (χ3n) is 7.36. The molecule has 0 aliphatic rings. The predicted octanol–water partition coefficient (Wildman–Crippen LogP) is 9.95. The van der Waals surface area contributed by atoms with Gasteiger partial charge in [-0.15, -0.1) is 0 Å². The minimum Gasteiger partial charge on any atom is -0.455 e. The van der Waals surface area contributed by atoms with E-state index < -0.39 is 0 Å². The SMILES string of the molecule is c1ccc(N(c2ccccc2)c2cc3cccc4c5c6ccccc6oc5c5cccc2c5c34)cc1. The molecule has 0 fully saturated rings. The Balaban J connectivity index is 1.58. The number of fused-ring (bicyclic) bond motifs is 5. The van der Waals surface area contributed by atoms with Gasteiger partial charge in [-0.3, -0.25) is 0 Å². The summed E-state index contributed by atoms with van der Waals surface area (Å²) in [5.41, 5.74) is 5.32. The Morgan fingerprint density at radius 2 is 1.06 bits per heavy atom. The molecule has 0 amide bonds. The van der Waals surface area contributed by atoms with E-state index >= 15 is 0 Å².